The highest BCUT2D eigenvalue weighted by Gasteiger charge is 2.48. The first-order valence-electron chi connectivity index (χ1n) is 7.48. The third kappa shape index (κ3) is 2.30. The van der Waals surface area contributed by atoms with Crippen LogP contribution >= 0.6 is 0 Å². The third-order valence-corrected chi connectivity index (χ3v) is 4.41. The predicted octanol–water partition coefficient (Wildman–Crippen LogP) is 3.66. The molecule has 0 bridgehead atoms. The molecule has 0 radical (unpaired) electrons. The van der Waals surface area contributed by atoms with Crippen molar-refractivity contribution in [3.63, 3.8) is 0 Å². The predicted molar refractivity (Wildman–Crippen MR) is 82.5 cm³/mol. The van der Waals surface area contributed by atoms with Crippen molar-refractivity contribution < 1.29 is 9.72 Å². The van der Waals surface area contributed by atoms with E-state index in [1.54, 1.807) is 17.0 Å². The number of anilines is 1. The van der Waals surface area contributed by atoms with E-state index in [1.807, 2.05) is 13.8 Å². The smallest absolute Gasteiger partial charge is 0.269 e. The van der Waals surface area contributed by atoms with Gasteiger partial charge in [0.2, 0.25) is 5.91 Å². The Labute approximate surface area is 125 Å². The number of rotatable bonds is 5. The monoisotopic (exact) mass is 290 g/mol. The van der Waals surface area contributed by atoms with Crippen molar-refractivity contribution in [3.05, 3.63) is 33.9 Å². The lowest BCUT2D eigenvalue weighted by Crippen LogP contribution is -2.41. The highest BCUT2D eigenvalue weighted by atomic mass is 16.6. The molecular formula is C16H22N2O3. The molecule has 0 fully saturated rings. The van der Waals surface area contributed by atoms with E-state index < -0.39 is 10.3 Å². The first kappa shape index (κ1) is 15.5. The molecule has 114 valence electrons. The van der Waals surface area contributed by atoms with Crippen molar-refractivity contribution in [1.82, 2.24) is 0 Å². The normalized spacial score (nSPS) is 16.4. The molecule has 0 aliphatic carbocycles. The second-order valence-corrected chi connectivity index (χ2v) is 6.06. The van der Waals surface area contributed by atoms with Crippen LogP contribution in [0, 0.1) is 16.0 Å². The Hall–Kier alpha value is -1.91. The summed E-state index contributed by atoms with van der Waals surface area (Å²) in [4.78, 5) is 25.4. The lowest BCUT2D eigenvalue weighted by atomic mass is 9.77. The van der Waals surface area contributed by atoms with Crippen molar-refractivity contribution >= 4 is 17.3 Å². The highest BCUT2D eigenvalue weighted by molar-refractivity contribution is 6.08. The van der Waals surface area contributed by atoms with Crippen molar-refractivity contribution in [2.24, 2.45) is 5.92 Å². The average Bonchev–Trinajstić information content (AvgIpc) is 2.67. The maximum Gasteiger partial charge on any atom is 0.269 e. The Kier molecular flexibility index (Phi) is 4.03. The number of carbonyl (C=O) groups excluding carboxylic acids is 1. The number of benzene rings is 1. The Morgan fingerprint density at radius 3 is 2.38 bits per heavy atom. The minimum Gasteiger partial charge on any atom is -0.311 e. The maximum atomic E-state index is 12.9. The SMILES string of the molecule is CCC1(CC)C(=O)N(CC(C)C)c2ccc([N+](=O)[O-])cc21. The Bertz CT molecular complexity index is 577. The van der Waals surface area contributed by atoms with Crippen LogP contribution in [0.25, 0.3) is 0 Å². The number of carbonyl (C=O) groups is 1. The second kappa shape index (κ2) is 5.47. The summed E-state index contributed by atoms with van der Waals surface area (Å²) in [5, 5.41) is 11.0. The summed E-state index contributed by atoms with van der Waals surface area (Å²) < 4.78 is 0. The fourth-order valence-corrected chi connectivity index (χ4v) is 3.22. The van der Waals surface area contributed by atoms with E-state index >= 15 is 0 Å². The zero-order valence-electron chi connectivity index (χ0n) is 13.0. The van der Waals surface area contributed by atoms with Gasteiger partial charge in [-0.25, -0.2) is 0 Å². The molecule has 0 saturated carbocycles. The molecule has 1 aromatic carbocycles. The fourth-order valence-electron chi connectivity index (χ4n) is 3.22. The molecule has 0 aromatic heterocycles. The molecule has 0 N–H and O–H groups in total. The van der Waals surface area contributed by atoms with Gasteiger partial charge in [0.1, 0.15) is 0 Å². The largest absolute Gasteiger partial charge is 0.311 e. The van der Waals surface area contributed by atoms with E-state index in [0.29, 0.717) is 25.3 Å². The topological polar surface area (TPSA) is 63.5 Å². The minimum absolute atomic E-state index is 0.0548. The van der Waals surface area contributed by atoms with Crippen LogP contribution in [0.4, 0.5) is 11.4 Å². The van der Waals surface area contributed by atoms with Crippen LogP contribution < -0.4 is 4.90 Å². The first-order chi connectivity index (χ1) is 9.87. The third-order valence-electron chi connectivity index (χ3n) is 4.41. The number of nitro benzene ring substituents is 1. The Morgan fingerprint density at radius 2 is 1.90 bits per heavy atom. The average molecular weight is 290 g/mol. The number of nitrogens with zero attached hydrogens (tertiary/aromatic N) is 2. The van der Waals surface area contributed by atoms with Crippen LogP contribution in [0.15, 0.2) is 18.2 Å². The summed E-state index contributed by atoms with van der Waals surface area (Å²) in [7, 11) is 0. The summed E-state index contributed by atoms with van der Waals surface area (Å²) in [5.74, 6) is 0.429. The zero-order chi connectivity index (χ0) is 15.8. The Morgan fingerprint density at radius 1 is 1.29 bits per heavy atom. The highest BCUT2D eigenvalue weighted by Crippen LogP contribution is 2.47. The van der Waals surface area contributed by atoms with Crippen LogP contribution in [0.3, 0.4) is 0 Å². The first-order valence-corrected chi connectivity index (χ1v) is 7.48. The molecule has 1 heterocycles. The number of hydrogen-bond acceptors (Lipinski definition) is 3. The number of fused-ring (bicyclic) bond motifs is 1. The maximum absolute atomic E-state index is 12.9. The van der Waals surface area contributed by atoms with Gasteiger partial charge in [-0.15, -0.1) is 0 Å². The molecule has 1 aliphatic rings. The minimum atomic E-state index is -0.615. The van der Waals surface area contributed by atoms with Gasteiger partial charge in [0.25, 0.3) is 5.69 Å². The molecule has 5 nitrogen and oxygen atoms in total. The van der Waals surface area contributed by atoms with Crippen LogP contribution in [0.5, 0.6) is 0 Å². The van der Waals surface area contributed by atoms with E-state index in [4.69, 9.17) is 0 Å². The van der Waals surface area contributed by atoms with Gasteiger partial charge in [0, 0.05) is 24.4 Å². The standard InChI is InChI=1S/C16H22N2O3/c1-5-16(6-2)13-9-12(18(20)21)7-8-14(13)17(15(16)19)10-11(3)4/h7-9,11H,5-6,10H2,1-4H3. The number of nitro groups is 1. The van der Waals surface area contributed by atoms with E-state index in [9.17, 15) is 14.9 Å². The van der Waals surface area contributed by atoms with Gasteiger partial charge in [-0.2, -0.15) is 0 Å². The van der Waals surface area contributed by atoms with Crippen LogP contribution in [-0.4, -0.2) is 17.4 Å². The van der Waals surface area contributed by atoms with E-state index in [0.717, 1.165) is 11.3 Å². The van der Waals surface area contributed by atoms with Crippen molar-refractivity contribution in [2.45, 2.75) is 46.0 Å². The van der Waals surface area contributed by atoms with Gasteiger partial charge in [0.05, 0.1) is 10.3 Å². The molecule has 0 atom stereocenters. The quantitative estimate of drug-likeness (QED) is 0.614. The van der Waals surface area contributed by atoms with Crippen molar-refractivity contribution in [2.75, 3.05) is 11.4 Å². The summed E-state index contributed by atoms with van der Waals surface area (Å²) in [5.41, 5.74) is 1.09. The van der Waals surface area contributed by atoms with Gasteiger partial charge in [0.15, 0.2) is 0 Å². The summed E-state index contributed by atoms with van der Waals surface area (Å²) >= 11 is 0. The molecule has 2 rings (SSSR count). The molecule has 1 aromatic rings. The number of hydrogen-bond donors (Lipinski definition) is 0. The number of amides is 1. The van der Waals surface area contributed by atoms with E-state index in [1.165, 1.54) is 6.07 Å². The van der Waals surface area contributed by atoms with Gasteiger partial charge in [-0.3, -0.25) is 14.9 Å². The van der Waals surface area contributed by atoms with Gasteiger partial charge in [-0.05, 0) is 30.4 Å². The Balaban J connectivity index is 2.62. The van der Waals surface area contributed by atoms with Crippen LogP contribution in [0.2, 0.25) is 0 Å². The number of non-ortho nitro benzene ring substituents is 1. The fraction of sp³-hybridized carbons (Fsp3) is 0.562. The van der Waals surface area contributed by atoms with Crippen LogP contribution in [-0.2, 0) is 10.2 Å². The van der Waals surface area contributed by atoms with Gasteiger partial charge < -0.3 is 4.90 Å². The summed E-state index contributed by atoms with van der Waals surface area (Å²) in [6.45, 7) is 8.73. The zero-order valence-corrected chi connectivity index (χ0v) is 13.0. The molecular weight excluding hydrogens is 268 g/mol. The van der Waals surface area contributed by atoms with Crippen molar-refractivity contribution in [3.8, 4) is 0 Å². The molecule has 5 heteroatoms. The summed E-state index contributed by atoms with van der Waals surface area (Å²) in [6.07, 6.45) is 1.32. The lowest BCUT2D eigenvalue weighted by molar-refractivity contribution is -0.384. The second-order valence-electron chi connectivity index (χ2n) is 6.06. The van der Waals surface area contributed by atoms with E-state index in [-0.39, 0.29) is 11.6 Å². The molecule has 1 aliphatic heterocycles. The summed E-state index contributed by atoms with van der Waals surface area (Å²) in [6, 6.07) is 4.79. The molecule has 21 heavy (non-hydrogen) atoms. The van der Waals surface area contributed by atoms with Gasteiger partial charge in [-0.1, -0.05) is 27.7 Å². The molecule has 0 unspecified atom stereocenters. The van der Waals surface area contributed by atoms with Crippen LogP contribution in [0.1, 0.15) is 46.1 Å². The van der Waals surface area contributed by atoms with Crippen molar-refractivity contribution in [1.29, 1.82) is 0 Å². The van der Waals surface area contributed by atoms with E-state index in [2.05, 4.69) is 13.8 Å². The van der Waals surface area contributed by atoms with Gasteiger partial charge >= 0.3 is 0 Å². The lowest BCUT2D eigenvalue weighted by Gasteiger charge is -2.26. The molecule has 0 saturated heterocycles. The molecule has 0 spiro atoms. The molecule has 1 amide bonds.